The smallest absolute Gasteiger partial charge is 0.225 e. The fraction of sp³-hybridized carbons (Fsp3) is 0.474. The number of hydrogen-bond acceptors (Lipinski definition) is 5. The topological polar surface area (TPSA) is 72.9 Å². The van der Waals surface area contributed by atoms with Crippen LogP contribution in [0.25, 0.3) is 0 Å². The Morgan fingerprint density at radius 1 is 1.36 bits per heavy atom. The molecule has 9 heteroatoms. The molecule has 2 unspecified atom stereocenters. The van der Waals surface area contributed by atoms with Gasteiger partial charge in [-0.15, -0.1) is 0 Å². The minimum Gasteiger partial charge on any atom is -0.588 e. The summed E-state index contributed by atoms with van der Waals surface area (Å²) >= 11 is 10.5. The van der Waals surface area contributed by atoms with Crippen LogP contribution in [0.3, 0.4) is 0 Å². The summed E-state index contributed by atoms with van der Waals surface area (Å²) in [5.74, 6) is 0.0987. The molecular formula is C19H24Cl2N2O4S. The van der Waals surface area contributed by atoms with E-state index < -0.39 is 11.4 Å². The predicted octanol–water partition coefficient (Wildman–Crippen LogP) is 3.80. The third kappa shape index (κ3) is 5.02. The zero-order valence-corrected chi connectivity index (χ0v) is 18.4. The lowest BCUT2D eigenvalue weighted by atomic mass is 9.95. The second-order valence-corrected chi connectivity index (χ2v) is 8.63. The number of methoxy groups -OCH3 is 1. The first-order valence-electron chi connectivity index (χ1n) is 8.99. The van der Waals surface area contributed by atoms with Gasteiger partial charge < -0.3 is 9.29 Å². The van der Waals surface area contributed by atoms with Crippen LogP contribution in [0.5, 0.6) is 0 Å². The van der Waals surface area contributed by atoms with Crippen LogP contribution in [0.4, 0.5) is 0 Å². The first kappa shape index (κ1) is 23.0. The standard InChI is InChI=1S/C19H24Cl2N2O4S/c1-4-5-6-18-17(12-24)19(22(13(2)25)7-8-27-3)23(18)28(26)16-10-14(20)9-15(21)11-16/h9-12,18H,4-8H2,1-3H3. The highest BCUT2D eigenvalue weighted by Gasteiger charge is 2.49. The number of rotatable bonds is 10. The summed E-state index contributed by atoms with van der Waals surface area (Å²) in [5.41, 5.74) is 0.473. The van der Waals surface area contributed by atoms with Gasteiger partial charge in [-0.3, -0.25) is 14.5 Å². The monoisotopic (exact) mass is 446 g/mol. The van der Waals surface area contributed by atoms with Crippen molar-refractivity contribution in [2.24, 2.45) is 0 Å². The molecule has 0 fully saturated rings. The average Bonchev–Trinajstić information content (AvgIpc) is 2.62. The third-order valence-electron chi connectivity index (χ3n) is 4.44. The summed E-state index contributed by atoms with van der Waals surface area (Å²) in [4.78, 5) is 25.9. The maximum atomic E-state index is 13.4. The van der Waals surface area contributed by atoms with E-state index in [9.17, 15) is 14.1 Å². The van der Waals surface area contributed by atoms with Gasteiger partial charge in [0.25, 0.3) is 0 Å². The van der Waals surface area contributed by atoms with Crippen LogP contribution >= 0.6 is 23.2 Å². The molecule has 0 bridgehead atoms. The van der Waals surface area contributed by atoms with Crippen LogP contribution in [0.2, 0.25) is 10.0 Å². The second kappa shape index (κ2) is 10.5. The van der Waals surface area contributed by atoms with E-state index in [1.54, 1.807) is 22.5 Å². The Balaban J connectivity index is 2.47. The molecule has 0 spiro atoms. The molecule has 1 heterocycles. The van der Waals surface area contributed by atoms with E-state index in [1.807, 2.05) is 6.92 Å². The van der Waals surface area contributed by atoms with Gasteiger partial charge in [0.15, 0.2) is 17.0 Å². The fourth-order valence-electron chi connectivity index (χ4n) is 3.09. The number of nitrogens with zero attached hydrogens (tertiary/aromatic N) is 2. The SMILES string of the molecule is CCCCC1C(C=O)=C(N(CCOC)C(C)=O)N1[S+]([O-])c1cc(Cl)cc(Cl)c1. The van der Waals surface area contributed by atoms with E-state index in [0.29, 0.717) is 32.8 Å². The van der Waals surface area contributed by atoms with E-state index in [0.717, 1.165) is 19.1 Å². The Morgan fingerprint density at radius 3 is 2.50 bits per heavy atom. The molecule has 1 aliphatic rings. The molecule has 1 aliphatic heterocycles. The predicted molar refractivity (Wildman–Crippen MR) is 110 cm³/mol. The molecule has 28 heavy (non-hydrogen) atoms. The van der Waals surface area contributed by atoms with E-state index in [1.165, 1.54) is 18.9 Å². The summed E-state index contributed by atoms with van der Waals surface area (Å²) in [6.07, 6.45) is 3.19. The van der Waals surface area contributed by atoms with Crippen molar-refractivity contribution >= 4 is 46.8 Å². The lowest BCUT2D eigenvalue weighted by molar-refractivity contribution is -0.129. The number of carbonyl (C=O) groups excluding carboxylic acids is 2. The maximum absolute atomic E-state index is 13.4. The zero-order valence-electron chi connectivity index (χ0n) is 16.1. The van der Waals surface area contributed by atoms with Gasteiger partial charge >= 0.3 is 0 Å². The molecular weight excluding hydrogens is 423 g/mol. The van der Waals surface area contributed by atoms with Crippen molar-refractivity contribution in [3.05, 3.63) is 39.6 Å². The highest BCUT2D eigenvalue weighted by molar-refractivity contribution is 7.89. The third-order valence-corrected chi connectivity index (χ3v) is 6.30. The number of benzene rings is 1. The van der Waals surface area contributed by atoms with E-state index in [2.05, 4.69) is 0 Å². The van der Waals surface area contributed by atoms with Crippen LogP contribution in [0.15, 0.2) is 34.5 Å². The summed E-state index contributed by atoms with van der Waals surface area (Å²) in [6.45, 7) is 3.99. The van der Waals surface area contributed by atoms with E-state index >= 15 is 0 Å². The summed E-state index contributed by atoms with van der Waals surface area (Å²) in [7, 11) is 1.53. The molecule has 2 atom stereocenters. The van der Waals surface area contributed by atoms with Crippen molar-refractivity contribution in [2.45, 2.75) is 44.0 Å². The fourth-order valence-corrected chi connectivity index (χ4v) is 5.24. The van der Waals surface area contributed by atoms with Crippen LogP contribution in [0.1, 0.15) is 33.1 Å². The highest BCUT2D eigenvalue weighted by atomic mass is 35.5. The first-order valence-corrected chi connectivity index (χ1v) is 10.9. The van der Waals surface area contributed by atoms with Crippen LogP contribution in [-0.4, -0.2) is 52.3 Å². The number of aldehydes is 1. The molecule has 1 amide bonds. The molecule has 0 radical (unpaired) electrons. The van der Waals surface area contributed by atoms with E-state index in [4.69, 9.17) is 27.9 Å². The van der Waals surface area contributed by atoms with Gasteiger partial charge in [0.1, 0.15) is 17.4 Å². The Morgan fingerprint density at radius 2 is 2.00 bits per heavy atom. The molecule has 0 aromatic heterocycles. The largest absolute Gasteiger partial charge is 0.588 e. The maximum Gasteiger partial charge on any atom is 0.225 e. The molecule has 6 nitrogen and oxygen atoms in total. The number of halogens is 2. The summed E-state index contributed by atoms with van der Waals surface area (Å²) in [5, 5.41) is 0.732. The van der Waals surface area contributed by atoms with Gasteiger partial charge in [-0.2, -0.15) is 4.31 Å². The van der Waals surface area contributed by atoms with Crippen LogP contribution < -0.4 is 0 Å². The Hall–Kier alpha value is -1.25. The minimum atomic E-state index is -1.68. The summed E-state index contributed by atoms with van der Waals surface area (Å²) < 4.78 is 20.1. The van der Waals surface area contributed by atoms with Crippen molar-refractivity contribution in [1.82, 2.24) is 9.21 Å². The van der Waals surface area contributed by atoms with Crippen LogP contribution in [-0.2, 0) is 25.7 Å². The van der Waals surface area contributed by atoms with Crippen molar-refractivity contribution in [3.63, 3.8) is 0 Å². The van der Waals surface area contributed by atoms with Gasteiger partial charge in [0.2, 0.25) is 5.91 Å². The summed E-state index contributed by atoms with van der Waals surface area (Å²) in [6, 6.07) is 4.37. The normalized spacial score (nSPS) is 17.4. The number of ether oxygens (including phenoxy) is 1. The quantitative estimate of drug-likeness (QED) is 0.403. The van der Waals surface area contributed by atoms with Gasteiger partial charge in [-0.25, -0.2) is 0 Å². The lowest BCUT2D eigenvalue weighted by Crippen LogP contribution is -2.56. The molecule has 0 aliphatic carbocycles. The molecule has 1 aromatic rings. The lowest BCUT2D eigenvalue weighted by Gasteiger charge is -2.46. The average molecular weight is 447 g/mol. The molecule has 1 aromatic carbocycles. The van der Waals surface area contributed by atoms with Gasteiger partial charge in [0.05, 0.1) is 18.7 Å². The van der Waals surface area contributed by atoms with Gasteiger partial charge in [-0.05, 0) is 12.5 Å². The highest BCUT2D eigenvalue weighted by Crippen LogP contribution is 2.41. The van der Waals surface area contributed by atoms with Gasteiger partial charge in [0, 0.05) is 36.2 Å². The van der Waals surface area contributed by atoms with E-state index in [-0.39, 0.29) is 25.1 Å². The minimum absolute atomic E-state index is 0.253. The van der Waals surface area contributed by atoms with Crippen molar-refractivity contribution in [2.75, 3.05) is 20.3 Å². The van der Waals surface area contributed by atoms with Crippen molar-refractivity contribution in [1.29, 1.82) is 0 Å². The van der Waals surface area contributed by atoms with Crippen molar-refractivity contribution in [3.8, 4) is 0 Å². The first-order chi connectivity index (χ1) is 13.3. The zero-order chi connectivity index (χ0) is 20.8. The number of amides is 1. The van der Waals surface area contributed by atoms with Crippen molar-refractivity contribution < 1.29 is 18.9 Å². The second-order valence-electron chi connectivity index (χ2n) is 6.40. The molecule has 0 saturated carbocycles. The van der Waals surface area contributed by atoms with Gasteiger partial charge in [-0.1, -0.05) is 43.0 Å². The Labute approximate surface area is 178 Å². The number of unbranched alkanes of at least 4 members (excludes halogenated alkanes) is 1. The molecule has 0 N–H and O–H groups in total. The number of carbonyl (C=O) groups is 2. The molecule has 154 valence electrons. The molecule has 2 rings (SSSR count). The van der Waals surface area contributed by atoms with Crippen LogP contribution in [0, 0.1) is 0 Å². The Kier molecular flexibility index (Phi) is 8.64. The number of hydrogen-bond donors (Lipinski definition) is 0. The molecule has 0 saturated heterocycles. The Bertz CT molecular complexity index is 739.